The van der Waals surface area contributed by atoms with E-state index in [0.717, 1.165) is 33.8 Å². The first kappa shape index (κ1) is 12.1. The number of halogens is 1. The molecule has 1 aliphatic rings. The largest absolute Gasteiger partial charge is 0.399 e. The van der Waals surface area contributed by atoms with Gasteiger partial charge < -0.3 is 11.1 Å². The molecule has 1 aromatic rings. The molecule has 2 rings (SSSR count). The normalized spacial score (nSPS) is 20.9. The van der Waals surface area contributed by atoms with E-state index in [1.54, 1.807) is 0 Å². The van der Waals surface area contributed by atoms with Gasteiger partial charge in [0.25, 0.3) is 0 Å². The minimum atomic E-state index is 0.730. The van der Waals surface area contributed by atoms with Crippen molar-refractivity contribution in [2.75, 3.05) is 24.6 Å². The number of piperidine rings is 1. The highest BCUT2D eigenvalue weighted by Crippen LogP contribution is 2.31. The Morgan fingerprint density at radius 1 is 1.50 bits per heavy atom. The lowest BCUT2D eigenvalue weighted by atomic mass is 10.0. The van der Waals surface area contributed by atoms with Gasteiger partial charge in [0.15, 0.2) is 0 Å². The lowest BCUT2D eigenvalue weighted by Crippen LogP contribution is -2.30. The van der Waals surface area contributed by atoms with Gasteiger partial charge >= 0.3 is 0 Å². The van der Waals surface area contributed by atoms with Crippen LogP contribution in [0, 0.1) is 5.92 Å². The highest BCUT2D eigenvalue weighted by atomic mass is 35.5. The number of thioether (sulfide) groups is 1. The van der Waals surface area contributed by atoms with Crippen molar-refractivity contribution >= 4 is 29.1 Å². The van der Waals surface area contributed by atoms with Crippen molar-refractivity contribution in [2.24, 2.45) is 5.92 Å². The van der Waals surface area contributed by atoms with Gasteiger partial charge in [-0.1, -0.05) is 11.6 Å². The summed E-state index contributed by atoms with van der Waals surface area (Å²) in [7, 11) is 0. The third-order valence-corrected chi connectivity index (χ3v) is 4.56. The molecule has 88 valence electrons. The predicted octanol–water partition coefficient (Wildman–Crippen LogP) is 3.01. The smallest absolute Gasteiger partial charge is 0.0562 e. The van der Waals surface area contributed by atoms with E-state index in [4.69, 9.17) is 17.3 Å². The van der Waals surface area contributed by atoms with Crippen LogP contribution >= 0.6 is 23.4 Å². The zero-order valence-electron chi connectivity index (χ0n) is 9.21. The highest BCUT2D eigenvalue weighted by molar-refractivity contribution is 7.99. The van der Waals surface area contributed by atoms with Crippen molar-refractivity contribution in [2.45, 2.75) is 17.7 Å². The second kappa shape index (κ2) is 5.80. The average molecular weight is 257 g/mol. The molecule has 16 heavy (non-hydrogen) atoms. The Morgan fingerprint density at radius 3 is 3.06 bits per heavy atom. The van der Waals surface area contributed by atoms with E-state index in [0.29, 0.717) is 0 Å². The molecule has 4 heteroatoms. The van der Waals surface area contributed by atoms with Crippen molar-refractivity contribution < 1.29 is 0 Å². The van der Waals surface area contributed by atoms with Gasteiger partial charge in [0, 0.05) is 16.3 Å². The van der Waals surface area contributed by atoms with Gasteiger partial charge in [-0.15, -0.1) is 11.8 Å². The summed E-state index contributed by atoms with van der Waals surface area (Å²) in [5, 5.41) is 4.20. The maximum absolute atomic E-state index is 6.13. The Labute approximate surface area is 106 Å². The van der Waals surface area contributed by atoms with Gasteiger partial charge in [-0.3, -0.25) is 0 Å². The molecule has 0 amide bonds. The summed E-state index contributed by atoms with van der Waals surface area (Å²) in [5.74, 6) is 1.91. The van der Waals surface area contributed by atoms with E-state index in [1.807, 2.05) is 30.0 Å². The fourth-order valence-corrected chi connectivity index (χ4v) is 3.32. The summed E-state index contributed by atoms with van der Waals surface area (Å²) >= 11 is 7.97. The van der Waals surface area contributed by atoms with Crippen LogP contribution in [0.5, 0.6) is 0 Å². The van der Waals surface area contributed by atoms with Crippen LogP contribution in [-0.2, 0) is 0 Å². The van der Waals surface area contributed by atoms with Gasteiger partial charge in [0.05, 0.1) is 5.02 Å². The Bertz CT molecular complexity index is 351. The third kappa shape index (κ3) is 3.30. The SMILES string of the molecule is Nc1ccc(SCC2CCCNC2)c(Cl)c1. The molecule has 1 aromatic carbocycles. The van der Waals surface area contributed by atoms with E-state index in [-0.39, 0.29) is 0 Å². The standard InChI is InChI=1S/C12H17ClN2S/c13-11-6-10(14)3-4-12(11)16-8-9-2-1-5-15-7-9/h3-4,6,9,15H,1-2,5,7-8,14H2. The molecule has 1 saturated heterocycles. The van der Waals surface area contributed by atoms with Crippen LogP contribution in [0.15, 0.2) is 23.1 Å². The van der Waals surface area contributed by atoms with E-state index >= 15 is 0 Å². The van der Waals surface area contributed by atoms with E-state index in [9.17, 15) is 0 Å². The van der Waals surface area contributed by atoms with Gasteiger partial charge in [-0.25, -0.2) is 0 Å². The van der Waals surface area contributed by atoms with Gasteiger partial charge in [0.2, 0.25) is 0 Å². The van der Waals surface area contributed by atoms with Gasteiger partial charge in [-0.05, 0) is 50.0 Å². The van der Waals surface area contributed by atoms with E-state index < -0.39 is 0 Å². The first-order valence-electron chi connectivity index (χ1n) is 5.64. The van der Waals surface area contributed by atoms with Gasteiger partial charge in [-0.2, -0.15) is 0 Å². The molecular weight excluding hydrogens is 240 g/mol. The number of nitrogens with one attached hydrogen (secondary N) is 1. The molecule has 1 unspecified atom stereocenters. The fourth-order valence-electron chi connectivity index (χ4n) is 1.91. The summed E-state index contributed by atoms with van der Waals surface area (Å²) < 4.78 is 0. The topological polar surface area (TPSA) is 38.0 Å². The lowest BCUT2D eigenvalue weighted by Gasteiger charge is -2.22. The molecule has 1 fully saturated rings. The summed E-state index contributed by atoms with van der Waals surface area (Å²) in [6, 6.07) is 5.74. The molecule has 1 heterocycles. The van der Waals surface area contributed by atoms with Crippen LogP contribution in [0.4, 0.5) is 5.69 Å². The first-order valence-corrected chi connectivity index (χ1v) is 7.00. The highest BCUT2D eigenvalue weighted by Gasteiger charge is 2.13. The van der Waals surface area contributed by atoms with Crippen LogP contribution in [0.25, 0.3) is 0 Å². The van der Waals surface area contributed by atoms with Crippen LogP contribution in [0.1, 0.15) is 12.8 Å². The zero-order valence-corrected chi connectivity index (χ0v) is 10.8. The fraction of sp³-hybridized carbons (Fsp3) is 0.500. The maximum atomic E-state index is 6.13. The Balaban J connectivity index is 1.88. The van der Waals surface area contributed by atoms with Crippen LogP contribution in [-0.4, -0.2) is 18.8 Å². The number of anilines is 1. The molecular formula is C12H17ClN2S. The number of rotatable bonds is 3. The van der Waals surface area contributed by atoms with E-state index in [1.165, 1.54) is 19.4 Å². The van der Waals surface area contributed by atoms with Crippen molar-refractivity contribution in [3.63, 3.8) is 0 Å². The molecule has 0 aromatic heterocycles. The first-order chi connectivity index (χ1) is 7.75. The zero-order chi connectivity index (χ0) is 11.4. The summed E-state index contributed by atoms with van der Waals surface area (Å²) in [4.78, 5) is 1.14. The molecule has 0 bridgehead atoms. The number of benzene rings is 1. The van der Waals surface area contributed by atoms with Crippen LogP contribution in [0.3, 0.4) is 0 Å². The second-order valence-corrected chi connectivity index (χ2v) is 5.68. The molecule has 0 radical (unpaired) electrons. The van der Waals surface area contributed by atoms with Crippen LogP contribution in [0.2, 0.25) is 5.02 Å². The molecule has 0 aliphatic carbocycles. The van der Waals surface area contributed by atoms with Crippen LogP contribution < -0.4 is 11.1 Å². The van der Waals surface area contributed by atoms with Gasteiger partial charge in [0.1, 0.15) is 0 Å². The maximum Gasteiger partial charge on any atom is 0.0562 e. The number of nitrogens with two attached hydrogens (primary N) is 1. The second-order valence-electron chi connectivity index (χ2n) is 4.21. The Kier molecular flexibility index (Phi) is 4.38. The predicted molar refractivity (Wildman–Crippen MR) is 72.2 cm³/mol. The minimum absolute atomic E-state index is 0.730. The number of hydrogen-bond acceptors (Lipinski definition) is 3. The summed E-state index contributed by atoms with van der Waals surface area (Å²) in [5.41, 5.74) is 6.39. The van der Waals surface area contributed by atoms with Crippen molar-refractivity contribution in [1.29, 1.82) is 0 Å². The molecule has 1 aliphatic heterocycles. The van der Waals surface area contributed by atoms with Crippen molar-refractivity contribution in [1.82, 2.24) is 5.32 Å². The van der Waals surface area contributed by atoms with E-state index in [2.05, 4.69) is 5.32 Å². The molecule has 3 N–H and O–H groups in total. The van der Waals surface area contributed by atoms with Crippen molar-refractivity contribution in [3.8, 4) is 0 Å². The molecule has 1 atom stereocenters. The quantitative estimate of drug-likeness (QED) is 0.645. The third-order valence-electron chi connectivity index (χ3n) is 2.83. The summed E-state index contributed by atoms with van der Waals surface area (Å²) in [6.07, 6.45) is 2.62. The monoisotopic (exact) mass is 256 g/mol. The Morgan fingerprint density at radius 2 is 2.38 bits per heavy atom. The lowest BCUT2D eigenvalue weighted by molar-refractivity contribution is 0.410. The average Bonchev–Trinajstić information content (AvgIpc) is 2.29. The molecule has 0 saturated carbocycles. The minimum Gasteiger partial charge on any atom is -0.399 e. The van der Waals surface area contributed by atoms with Crippen molar-refractivity contribution in [3.05, 3.63) is 23.2 Å². The molecule has 2 nitrogen and oxygen atoms in total. The molecule has 0 spiro atoms. The Hall–Kier alpha value is -0.380. The number of hydrogen-bond donors (Lipinski definition) is 2. The summed E-state index contributed by atoms with van der Waals surface area (Å²) in [6.45, 7) is 2.31. The number of nitrogen functional groups attached to an aromatic ring is 1.